The van der Waals surface area contributed by atoms with E-state index < -0.39 is 59.3 Å². The summed E-state index contributed by atoms with van der Waals surface area (Å²) in [4.78, 5) is 45.2. The minimum absolute atomic E-state index is 0.0140. The number of phenols is 1. The number of thioether (sulfide) groups is 1. The number of hydrogen-bond donors (Lipinski definition) is 3. The van der Waals surface area contributed by atoms with Crippen LogP contribution in [0.4, 0.5) is 4.79 Å². The molecule has 2 saturated heterocycles. The van der Waals surface area contributed by atoms with Crippen LogP contribution in [0.15, 0.2) is 48.5 Å². The van der Waals surface area contributed by atoms with E-state index in [4.69, 9.17) is 37.9 Å². The normalized spacial score (nSPS) is 26.5. The first-order chi connectivity index (χ1) is 30.9. The van der Waals surface area contributed by atoms with Gasteiger partial charge in [-0.05, 0) is 73.7 Å². The fourth-order valence-corrected chi connectivity index (χ4v) is 12.6. The van der Waals surface area contributed by atoms with Crippen molar-refractivity contribution >= 4 is 29.9 Å². The molecule has 17 heteroatoms. The monoisotopic (exact) mass is 895 g/mol. The lowest BCUT2D eigenvalue weighted by Gasteiger charge is -2.62. The number of aliphatic hydroxyl groups is 1. The molecule has 7 atom stereocenters. The van der Waals surface area contributed by atoms with E-state index in [1.165, 1.54) is 32.9 Å². The van der Waals surface area contributed by atoms with Crippen molar-refractivity contribution in [2.45, 2.75) is 81.4 Å². The van der Waals surface area contributed by atoms with Gasteiger partial charge in [0, 0.05) is 47.5 Å². The minimum Gasteiger partial charge on any atom is -0.504 e. The van der Waals surface area contributed by atoms with Crippen LogP contribution in [0.1, 0.15) is 74.3 Å². The van der Waals surface area contributed by atoms with Gasteiger partial charge in [0.2, 0.25) is 6.79 Å². The number of hydrogen-bond acceptors (Lipinski definition) is 17. The third-order valence-electron chi connectivity index (χ3n) is 13.6. The van der Waals surface area contributed by atoms with E-state index >= 15 is 4.79 Å². The Morgan fingerprint density at radius 2 is 1.73 bits per heavy atom. The zero-order valence-electron chi connectivity index (χ0n) is 36.2. The van der Waals surface area contributed by atoms with Crippen molar-refractivity contribution in [2.24, 2.45) is 0 Å². The second-order valence-corrected chi connectivity index (χ2v) is 18.2. The predicted octanol–water partition coefficient (Wildman–Crippen LogP) is 5.42. The van der Waals surface area contributed by atoms with Crippen molar-refractivity contribution in [1.82, 2.24) is 15.1 Å². The number of methoxy groups -OCH3 is 2. The molecule has 4 bridgehead atoms. The molecule has 2 fully saturated rings. The average Bonchev–Trinajstić information content (AvgIpc) is 3.78. The summed E-state index contributed by atoms with van der Waals surface area (Å²) in [7, 11) is 4.93. The maximum absolute atomic E-state index is 15.0. The van der Waals surface area contributed by atoms with E-state index in [0.29, 0.717) is 70.2 Å². The first-order valence-corrected chi connectivity index (χ1v) is 22.3. The Hall–Kier alpha value is -5.72. The molecule has 7 aliphatic heterocycles. The summed E-state index contributed by atoms with van der Waals surface area (Å²) >= 11 is 1.44. The van der Waals surface area contributed by atoms with Crippen LogP contribution < -0.4 is 33.7 Å². The lowest BCUT2D eigenvalue weighted by Crippen LogP contribution is -2.70. The number of piperazine rings is 1. The highest BCUT2D eigenvalue weighted by Gasteiger charge is 2.61. The lowest BCUT2D eigenvalue weighted by atomic mass is 9.73. The summed E-state index contributed by atoms with van der Waals surface area (Å²) in [5.74, 6) is 0.839. The van der Waals surface area contributed by atoms with Crippen LogP contribution in [0.2, 0.25) is 0 Å². The van der Waals surface area contributed by atoms with Crippen LogP contribution in [0.5, 0.6) is 40.2 Å². The Morgan fingerprint density at radius 1 is 0.953 bits per heavy atom. The Kier molecular flexibility index (Phi) is 10.6. The molecule has 0 amide bonds. The molecule has 4 aromatic rings. The van der Waals surface area contributed by atoms with Gasteiger partial charge >= 0.3 is 18.1 Å². The molecule has 1 spiro atoms. The lowest BCUT2D eigenvalue weighted by molar-refractivity contribution is -0.186. The topological polar surface area (TPSA) is 184 Å². The molecule has 1 unspecified atom stereocenters. The van der Waals surface area contributed by atoms with Gasteiger partial charge < -0.3 is 48.1 Å². The number of benzene rings is 4. The first kappa shape index (κ1) is 42.2. The second-order valence-electron chi connectivity index (χ2n) is 17.0. The maximum Gasteiger partial charge on any atom is 0.514 e. The largest absolute Gasteiger partial charge is 0.514 e. The van der Waals surface area contributed by atoms with Gasteiger partial charge in [-0.25, -0.2) is 9.59 Å². The molecule has 7 aliphatic rings. The van der Waals surface area contributed by atoms with Gasteiger partial charge in [0.1, 0.15) is 25.2 Å². The summed E-state index contributed by atoms with van der Waals surface area (Å²) in [5.41, 5.74) is 4.80. The number of nitrogens with zero attached hydrogens (tertiary/aromatic N) is 2. The van der Waals surface area contributed by atoms with Gasteiger partial charge in [0.05, 0.1) is 37.6 Å². The fourth-order valence-electron chi connectivity index (χ4n) is 10.9. The molecule has 0 aromatic heterocycles. The van der Waals surface area contributed by atoms with Gasteiger partial charge in [-0.1, -0.05) is 36.4 Å². The quantitative estimate of drug-likeness (QED) is 0.127. The number of nitrogens with one attached hydrogen (secondary N) is 1. The zero-order chi connectivity index (χ0) is 44.8. The number of ether oxygens (including phenoxy) is 8. The van der Waals surface area contributed by atoms with E-state index in [0.717, 1.165) is 22.3 Å². The summed E-state index contributed by atoms with van der Waals surface area (Å²) in [6, 6.07) is 12.3. The molecule has 11 rings (SSSR count). The third kappa shape index (κ3) is 6.45. The van der Waals surface area contributed by atoms with Crippen LogP contribution in [0, 0.1) is 13.8 Å². The summed E-state index contributed by atoms with van der Waals surface area (Å²) in [5, 5.41) is 27.7. The number of phenolic OH excluding ortho intramolecular Hbond substituents is 1. The molecule has 0 radical (unpaired) electrons. The molecule has 3 N–H and O–H groups in total. The van der Waals surface area contributed by atoms with Crippen LogP contribution >= 0.6 is 11.8 Å². The van der Waals surface area contributed by atoms with Crippen molar-refractivity contribution in [3.63, 3.8) is 0 Å². The zero-order valence-corrected chi connectivity index (χ0v) is 37.0. The summed E-state index contributed by atoms with van der Waals surface area (Å²) < 4.78 is 47.6. The molecule has 7 heterocycles. The smallest absolute Gasteiger partial charge is 0.504 e. The molecule has 0 aliphatic carbocycles. The van der Waals surface area contributed by atoms with Crippen molar-refractivity contribution in [1.29, 1.82) is 0 Å². The predicted molar refractivity (Wildman–Crippen MR) is 230 cm³/mol. The van der Waals surface area contributed by atoms with Crippen LogP contribution in [-0.4, -0.2) is 103 Å². The van der Waals surface area contributed by atoms with Crippen LogP contribution in [-0.2, 0) is 44.1 Å². The van der Waals surface area contributed by atoms with Crippen molar-refractivity contribution in [3.8, 4) is 40.2 Å². The van der Waals surface area contributed by atoms with Crippen LogP contribution in [0.25, 0.3) is 0 Å². The fraction of sp³-hybridized carbons (Fsp3) is 0.426. The Bertz CT molecular complexity index is 2590. The summed E-state index contributed by atoms with van der Waals surface area (Å²) in [6.45, 7) is 5.11. The van der Waals surface area contributed by atoms with Crippen molar-refractivity contribution < 1.29 is 62.5 Å². The van der Waals surface area contributed by atoms with E-state index in [1.807, 2.05) is 62.2 Å². The third-order valence-corrected chi connectivity index (χ3v) is 15.1. The molecular weight excluding hydrogens is 847 g/mol. The molecule has 16 nitrogen and oxygen atoms in total. The number of carbonyl (C=O) groups is 3. The van der Waals surface area contributed by atoms with Crippen molar-refractivity contribution in [2.75, 3.05) is 47.0 Å². The number of aryl methyl sites for hydroxylation is 1. The Labute approximate surface area is 373 Å². The Morgan fingerprint density at radius 3 is 2.48 bits per heavy atom. The molecule has 64 heavy (non-hydrogen) atoms. The van der Waals surface area contributed by atoms with E-state index in [2.05, 4.69) is 10.2 Å². The second kappa shape index (κ2) is 16.1. The molecule has 0 saturated carbocycles. The van der Waals surface area contributed by atoms with Gasteiger partial charge in [-0.15, -0.1) is 11.8 Å². The first-order valence-electron chi connectivity index (χ1n) is 21.2. The highest BCUT2D eigenvalue weighted by atomic mass is 32.2. The number of carbonyl (C=O) groups excluding carboxylic acids is 3. The molecular formula is C47H49N3O13S. The number of aliphatic hydroxyl groups excluding tert-OH is 1. The van der Waals surface area contributed by atoms with E-state index in [9.17, 15) is 19.8 Å². The Balaban J connectivity index is 1.12. The van der Waals surface area contributed by atoms with E-state index in [1.54, 1.807) is 12.1 Å². The van der Waals surface area contributed by atoms with Gasteiger partial charge in [0.15, 0.2) is 40.0 Å². The molecule has 336 valence electrons. The van der Waals surface area contributed by atoms with Crippen molar-refractivity contribution in [3.05, 3.63) is 98.6 Å². The standard InChI is InChI=1S/C47H49N3O13S/c1-22-14-27-15-29-44(53)50-30-19-58-45(54)47(28-17-31(56-5)32(16-26(28)12-13-48-47)63-46(55)59-18-25-10-8-7-9-11-25)20-64-43(37(50)36(49(29)4)33(27)38(52)39(22)57-6)35-34(30)42-41(60-21-61-42)23(2)40(35)62-24(3)51/h7-11,14,16-17,29-30,36-37,43-44,48,52-53H,12-13,15,18-21H2,1-6H3/t29-,30-,36+,37?,43+,44-,47+/m0/s1. The summed E-state index contributed by atoms with van der Waals surface area (Å²) in [6.07, 6.45) is -1.08. The molecule has 4 aromatic carbocycles. The number of likely N-dealkylation sites (N-methyl/N-ethyl adjacent to an activating group) is 1. The maximum atomic E-state index is 15.0. The van der Waals surface area contributed by atoms with Gasteiger partial charge in [-0.2, -0.15) is 0 Å². The number of esters is 2. The average molecular weight is 896 g/mol. The number of aromatic hydroxyl groups is 1. The highest BCUT2D eigenvalue weighted by molar-refractivity contribution is 7.99. The minimum atomic E-state index is -1.46. The van der Waals surface area contributed by atoms with Gasteiger partial charge in [-0.3, -0.25) is 19.9 Å². The van der Waals surface area contributed by atoms with Gasteiger partial charge in [0.25, 0.3) is 0 Å². The number of rotatable bonds is 6. The van der Waals surface area contributed by atoms with Crippen LogP contribution in [0.3, 0.4) is 0 Å². The number of fused-ring (bicyclic) bond motifs is 9. The highest BCUT2D eigenvalue weighted by Crippen LogP contribution is 2.64. The van der Waals surface area contributed by atoms with E-state index in [-0.39, 0.29) is 43.0 Å². The SMILES string of the molecule is COc1cc2c(cc1OC(=O)OCc1ccccc1)CCN[C@]21CS[C@@H]2c3c(OC(C)=O)c(C)c4c(c3[C@H](COC1=O)N1C2[C@H]2c3c(cc(C)c(OC)c3O)C[C@@H]([C@@H]1O)N2C)OCO4.